The summed E-state index contributed by atoms with van der Waals surface area (Å²) in [6, 6.07) is 7.80. The quantitative estimate of drug-likeness (QED) is 0.891. The third-order valence-electron chi connectivity index (χ3n) is 2.81. The van der Waals surface area contributed by atoms with Crippen LogP contribution in [0.4, 0.5) is 4.79 Å². The van der Waals surface area contributed by atoms with Crippen LogP contribution in [0.2, 0.25) is 0 Å². The van der Waals surface area contributed by atoms with Gasteiger partial charge in [0.05, 0.1) is 19.4 Å². The van der Waals surface area contributed by atoms with Crippen molar-refractivity contribution in [2.24, 2.45) is 0 Å². The number of aromatic nitrogens is 1. The number of hydrogen-bond acceptors (Lipinski definition) is 5. The van der Waals surface area contributed by atoms with Crippen LogP contribution in [0.25, 0.3) is 10.6 Å². The summed E-state index contributed by atoms with van der Waals surface area (Å²) in [6.07, 6.45) is 0.300. The van der Waals surface area contributed by atoms with Gasteiger partial charge in [0.2, 0.25) is 0 Å². The summed E-state index contributed by atoms with van der Waals surface area (Å²) in [4.78, 5) is 15.7. The molecule has 0 aliphatic rings. The number of nitrogens with one attached hydrogen (secondary N) is 1. The fourth-order valence-corrected chi connectivity index (χ4v) is 2.62. The van der Waals surface area contributed by atoms with Crippen molar-refractivity contribution < 1.29 is 14.3 Å². The van der Waals surface area contributed by atoms with Crippen LogP contribution in [0.5, 0.6) is 5.75 Å². The molecule has 0 radical (unpaired) electrons. The van der Waals surface area contributed by atoms with E-state index in [0.717, 1.165) is 22.0 Å². The second kappa shape index (κ2) is 7.64. The van der Waals surface area contributed by atoms with Gasteiger partial charge in [0, 0.05) is 23.9 Å². The van der Waals surface area contributed by atoms with Gasteiger partial charge in [-0.25, -0.2) is 9.78 Å². The molecular weight excluding hydrogens is 288 g/mol. The van der Waals surface area contributed by atoms with Gasteiger partial charge in [-0.2, -0.15) is 0 Å². The first-order valence-corrected chi connectivity index (χ1v) is 7.60. The van der Waals surface area contributed by atoms with Crippen LogP contribution in [-0.2, 0) is 11.2 Å². The molecule has 0 fully saturated rings. The minimum Gasteiger partial charge on any atom is -0.497 e. The smallest absolute Gasteiger partial charge is 0.407 e. The van der Waals surface area contributed by atoms with Crippen LogP contribution >= 0.6 is 11.3 Å². The Bertz CT molecular complexity index is 581. The van der Waals surface area contributed by atoms with E-state index in [0.29, 0.717) is 19.6 Å². The number of alkyl carbamates (subject to hydrolysis) is 1. The fraction of sp³-hybridized carbons (Fsp3) is 0.333. The highest BCUT2D eigenvalue weighted by atomic mass is 32.1. The molecule has 1 aromatic heterocycles. The molecule has 2 rings (SSSR count). The molecule has 0 unspecified atom stereocenters. The van der Waals surface area contributed by atoms with Gasteiger partial charge in [0.25, 0.3) is 0 Å². The summed E-state index contributed by atoms with van der Waals surface area (Å²) >= 11 is 1.59. The molecule has 1 amide bonds. The number of amides is 1. The summed E-state index contributed by atoms with van der Waals surface area (Å²) in [5, 5.41) is 5.65. The van der Waals surface area contributed by atoms with Crippen LogP contribution < -0.4 is 10.1 Å². The number of benzene rings is 1. The summed E-state index contributed by atoms with van der Waals surface area (Å²) < 4.78 is 9.93. The second-order valence-corrected chi connectivity index (χ2v) is 5.13. The maximum atomic E-state index is 11.2. The van der Waals surface area contributed by atoms with E-state index < -0.39 is 0 Å². The van der Waals surface area contributed by atoms with E-state index in [2.05, 4.69) is 10.3 Å². The molecule has 0 spiro atoms. The summed E-state index contributed by atoms with van der Waals surface area (Å²) in [5.74, 6) is 0.828. The molecular formula is C15H18N2O3S. The number of ether oxygens (including phenoxy) is 2. The van der Waals surface area contributed by atoms with Gasteiger partial charge >= 0.3 is 6.09 Å². The minimum absolute atomic E-state index is 0.379. The Hall–Kier alpha value is -2.08. The van der Waals surface area contributed by atoms with Gasteiger partial charge in [-0.3, -0.25) is 0 Å². The number of carbonyl (C=O) groups excluding carboxylic acids is 1. The third kappa shape index (κ3) is 4.46. The number of rotatable bonds is 6. The van der Waals surface area contributed by atoms with E-state index in [4.69, 9.17) is 9.47 Å². The molecule has 0 aliphatic carbocycles. The van der Waals surface area contributed by atoms with E-state index in [1.807, 2.05) is 29.6 Å². The zero-order valence-electron chi connectivity index (χ0n) is 12.1. The van der Waals surface area contributed by atoms with Crippen molar-refractivity contribution in [1.82, 2.24) is 10.3 Å². The van der Waals surface area contributed by atoms with Gasteiger partial charge in [-0.15, -0.1) is 11.3 Å². The average molecular weight is 306 g/mol. The Morgan fingerprint density at radius 3 is 2.76 bits per heavy atom. The molecule has 1 aromatic carbocycles. The maximum Gasteiger partial charge on any atom is 0.407 e. The minimum atomic E-state index is -0.386. The summed E-state index contributed by atoms with van der Waals surface area (Å²) in [7, 11) is 1.65. The van der Waals surface area contributed by atoms with Crippen LogP contribution in [0.15, 0.2) is 29.6 Å². The number of hydrogen-bond donors (Lipinski definition) is 1. The van der Waals surface area contributed by atoms with Crippen molar-refractivity contribution in [2.75, 3.05) is 20.3 Å². The first-order chi connectivity index (χ1) is 10.2. The van der Waals surface area contributed by atoms with E-state index in [1.165, 1.54) is 0 Å². The second-order valence-electron chi connectivity index (χ2n) is 4.27. The van der Waals surface area contributed by atoms with E-state index in [1.54, 1.807) is 25.4 Å². The molecule has 0 saturated carbocycles. The molecule has 6 heteroatoms. The van der Waals surface area contributed by atoms with Gasteiger partial charge < -0.3 is 14.8 Å². The zero-order chi connectivity index (χ0) is 15.1. The third-order valence-corrected chi connectivity index (χ3v) is 3.75. The number of carbonyl (C=O) groups is 1. The molecule has 0 bridgehead atoms. The largest absolute Gasteiger partial charge is 0.497 e. The van der Waals surface area contributed by atoms with Crippen LogP contribution in [0.3, 0.4) is 0 Å². The van der Waals surface area contributed by atoms with Crippen molar-refractivity contribution in [2.45, 2.75) is 13.3 Å². The number of thiazole rings is 1. The van der Waals surface area contributed by atoms with Gasteiger partial charge in [-0.1, -0.05) is 0 Å². The van der Waals surface area contributed by atoms with Crippen LogP contribution in [-0.4, -0.2) is 31.3 Å². The van der Waals surface area contributed by atoms with Crippen molar-refractivity contribution in [3.63, 3.8) is 0 Å². The van der Waals surface area contributed by atoms with Crippen LogP contribution in [0, 0.1) is 0 Å². The Labute approximate surface area is 127 Å². The number of nitrogens with zero attached hydrogens (tertiary/aromatic N) is 1. The zero-order valence-corrected chi connectivity index (χ0v) is 12.9. The van der Waals surface area contributed by atoms with Gasteiger partial charge in [-0.05, 0) is 31.2 Å². The number of methoxy groups -OCH3 is 1. The van der Waals surface area contributed by atoms with Crippen molar-refractivity contribution in [1.29, 1.82) is 0 Å². The molecule has 5 nitrogen and oxygen atoms in total. The van der Waals surface area contributed by atoms with Crippen molar-refractivity contribution in [3.05, 3.63) is 35.3 Å². The predicted octanol–water partition coefficient (Wildman–Crippen LogP) is 3.11. The molecule has 1 N–H and O–H groups in total. The first kappa shape index (κ1) is 15.3. The molecule has 0 atom stereocenters. The highest BCUT2D eigenvalue weighted by molar-refractivity contribution is 7.13. The Kier molecular flexibility index (Phi) is 5.57. The highest BCUT2D eigenvalue weighted by Gasteiger charge is 2.06. The lowest BCUT2D eigenvalue weighted by atomic mass is 10.2. The average Bonchev–Trinajstić information content (AvgIpc) is 2.96. The van der Waals surface area contributed by atoms with Crippen molar-refractivity contribution >= 4 is 17.4 Å². The SMILES string of the molecule is CCOC(=O)NCCc1csc(-c2ccc(OC)cc2)n1. The van der Waals surface area contributed by atoms with E-state index >= 15 is 0 Å². The highest BCUT2D eigenvalue weighted by Crippen LogP contribution is 2.25. The lowest BCUT2D eigenvalue weighted by Crippen LogP contribution is -2.26. The fourth-order valence-electron chi connectivity index (χ4n) is 1.76. The molecule has 1 heterocycles. The lowest BCUT2D eigenvalue weighted by Gasteiger charge is -2.03. The normalized spacial score (nSPS) is 10.2. The van der Waals surface area contributed by atoms with Crippen LogP contribution in [0.1, 0.15) is 12.6 Å². The Morgan fingerprint density at radius 1 is 1.33 bits per heavy atom. The Morgan fingerprint density at radius 2 is 2.10 bits per heavy atom. The first-order valence-electron chi connectivity index (χ1n) is 6.72. The monoisotopic (exact) mass is 306 g/mol. The summed E-state index contributed by atoms with van der Waals surface area (Å²) in [6.45, 7) is 2.68. The molecule has 0 aliphatic heterocycles. The standard InChI is InChI=1S/C15H18N2O3S/c1-3-20-15(18)16-9-8-12-10-21-14(17-12)11-4-6-13(19-2)7-5-11/h4-7,10H,3,8-9H2,1-2H3,(H,16,18). The van der Waals surface area contributed by atoms with Gasteiger partial charge in [0.15, 0.2) is 0 Å². The summed E-state index contributed by atoms with van der Waals surface area (Å²) in [5.41, 5.74) is 2.02. The Balaban J connectivity index is 1.90. The van der Waals surface area contributed by atoms with Crippen molar-refractivity contribution in [3.8, 4) is 16.3 Å². The molecule has 0 saturated heterocycles. The van der Waals surface area contributed by atoms with E-state index in [-0.39, 0.29) is 6.09 Å². The molecule has 112 valence electrons. The predicted molar refractivity (Wildman–Crippen MR) is 82.8 cm³/mol. The topological polar surface area (TPSA) is 60.5 Å². The molecule has 2 aromatic rings. The lowest BCUT2D eigenvalue weighted by molar-refractivity contribution is 0.152. The maximum absolute atomic E-state index is 11.2. The van der Waals surface area contributed by atoms with E-state index in [9.17, 15) is 4.79 Å². The van der Waals surface area contributed by atoms with Gasteiger partial charge in [0.1, 0.15) is 10.8 Å². The molecule has 21 heavy (non-hydrogen) atoms.